The van der Waals surface area contributed by atoms with Crippen LogP contribution in [0.3, 0.4) is 0 Å². The highest BCUT2D eigenvalue weighted by Gasteiger charge is 2.03. The molecule has 0 aliphatic rings. The first-order valence-corrected chi connectivity index (χ1v) is 5.19. The fourth-order valence-electron chi connectivity index (χ4n) is 0.906. The Bertz CT molecular complexity index is 309. The summed E-state index contributed by atoms with van der Waals surface area (Å²) in [6, 6.07) is 4.71. The van der Waals surface area contributed by atoms with E-state index in [2.05, 4.69) is 5.32 Å². The van der Waals surface area contributed by atoms with E-state index >= 15 is 0 Å². The molecule has 1 atom stereocenters. The van der Waals surface area contributed by atoms with Crippen molar-refractivity contribution in [2.45, 2.75) is 6.10 Å². The van der Waals surface area contributed by atoms with Crippen LogP contribution in [0.4, 0.5) is 10.1 Å². The number of rotatable bonds is 4. The van der Waals surface area contributed by atoms with E-state index in [1.165, 1.54) is 6.07 Å². The number of hydrogen-bond donors (Lipinski definition) is 3. The van der Waals surface area contributed by atoms with Crippen LogP contribution >= 0.6 is 22.6 Å². The molecular formula is C9H11FINO2. The molecule has 0 aliphatic carbocycles. The Balaban J connectivity index is 2.55. The van der Waals surface area contributed by atoms with Crippen molar-refractivity contribution in [3.8, 4) is 0 Å². The molecule has 1 aromatic carbocycles. The maximum absolute atomic E-state index is 13.0. The Morgan fingerprint density at radius 2 is 2.21 bits per heavy atom. The summed E-state index contributed by atoms with van der Waals surface area (Å²) in [7, 11) is 0. The van der Waals surface area contributed by atoms with Gasteiger partial charge < -0.3 is 15.5 Å². The topological polar surface area (TPSA) is 52.5 Å². The van der Waals surface area contributed by atoms with Crippen molar-refractivity contribution in [3.05, 3.63) is 27.6 Å². The van der Waals surface area contributed by atoms with Crippen molar-refractivity contribution in [1.82, 2.24) is 0 Å². The minimum absolute atomic E-state index is 0.205. The number of aliphatic hydroxyl groups is 2. The van der Waals surface area contributed by atoms with Crippen LogP contribution in [-0.4, -0.2) is 29.5 Å². The molecule has 78 valence electrons. The van der Waals surface area contributed by atoms with Gasteiger partial charge in [0.1, 0.15) is 5.82 Å². The van der Waals surface area contributed by atoms with E-state index < -0.39 is 6.10 Å². The molecule has 5 heteroatoms. The third kappa shape index (κ3) is 3.39. The van der Waals surface area contributed by atoms with Crippen molar-refractivity contribution in [3.63, 3.8) is 0 Å². The summed E-state index contributed by atoms with van der Waals surface area (Å²) < 4.78 is 13.6. The molecule has 0 bridgehead atoms. The first-order valence-electron chi connectivity index (χ1n) is 4.11. The highest BCUT2D eigenvalue weighted by Crippen LogP contribution is 2.15. The van der Waals surface area contributed by atoms with Crippen molar-refractivity contribution in [2.75, 3.05) is 18.5 Å². The second-order valence-corrected chi connectivity index (χ2v) is 4.01. The maximum Gasteiger partial charge on any atom is 0.138 e. The first kappa shape index (κ1) is 11.7. The molecular weight excluding hydrogens is 300 g/mol. The molecule has 0 aliphatic heterocycles. The van der Waals surface area contributed by atoms with Gasteiger partial charge in [0, 0.05) is 15.8 Å². The van der Waals surface area contributed by atoms with Crippen LogP contribution in [0.15, 0.2) is 18.2 Å². The van der Waals surface area contributed by atoms with Crippen molar-refractivity contribution < 1.29 is 14.6 Å². The fourth-order valence-corrected chi connectivity index (χ4v) is 1.24. The van der Waals surface area contributed by atoms with Gasteiger partial charge in [-0.25, -0.2) is 4.39 Å². The van der Waals surface area contributed by atoms with Gasteiger partial charge in [-0.2, -0.15) is 0 Å². The Morgan fingerprint density at radius 1 is 1.50 bits per heavy atom. The molecule has 0 heterocycles. The standard InChI is InChI=1S/C9H11FINO2/c10-8-3-6(1-2-9(8)11)12-4-7(14)5-13/h1-3,7,12-14H,4-5H2/t7-/m0/s1. The molecule has 0 aromatic heterocycles. The number of nitrogens with one attached hydrogen (secondary N) is 1. The average Bonchev–Trinajstić information content (AvgIpc) is 2.19. The molecule has 0 fully saturated rings. The van der Waals surface area contributed by atoms with Crippen molar-refractivity contribution in [1.29, 1.82) is 0 Å². The highest BCUT2D eigenvalue weighted by molar-refractivity contribution is 14.1. The van der Waals surface area contributed by atoms with Crippen LogP contribution in [-0.2, 0) is 0 Å². The molecule has 0 spiro atoms. The average molecular weight is 311 g/mol. The summed E-state index contributed by atoms with van der Waals surface area (Å²) in [5.74, 6) is -0.297. The minimum atomic E-state index is -0.822. The second kappa shape index (κ2) is 5.47. The van der Waals surface area contributed by atoms with Gasteiger partial charge >= 0.3 is 0 Å². The molecule has 0 amide bonds. The van der Waals surface area contributed by atoms with Gasteiger partial charge in [-0.05, 0) is 40.8 Å². The van der Waals surface area contributed by atoms with Gasteiger partial charge in [0.25, 0.3) is 0 Å². The third-order valence-corrected chi connectivity index (χ3v) is 2.55. The Labute approximate surface area is 95.1 Å². The monoisotopic (exact) mass is 311 g/mol. The molecule has 0 saturated carbocycles. The smallest absolute Gasteiger partial charge is 0.138 e. The summed E-state index contributed by atoms with van der Waals surface area (Å²) in [6.45, 7) is -0.101. The van der Waals surface area contributed by atoms with Gasteiger partial charge in [-0.3, -0.25) is 0 Å². The number of hydrogen-bond acceptors (Lipinski definition) is 3. The van der Waals surface area contributed by atoms with Crippen LogP contribution in [0.25, 0.3) is 0 Å². The molecule has 0 unspecified atom stereocenters. The van der Waals surface area contributed by atoms with Crippen LogP contribution in [0.5, 0.6) is 0 Å². The summed E-state index contributed by atoms with van der Waals surface area (Å²) in [6.07, 6.45) is -0.822. The highest BCUT2D eigenvalue weighted by atomic mass is 127. The van der Waals surface area contributed by atoms with Gasteiger partial charge in [0.05, 0.1) is 12.7 Å². The third-order valence-electron chi connectivity index (χ3n) is 1.67. The van der Waals surface area contributed by atoms with E-state index in [0.717, 1.165) is 0 Å². The van der Waals surface area contributed by atoms with Gasteiger partial charge in [0.2, 0.25) is 0 Å². The Morgan fingerprint density at radius 3 is 2.79 bits per heavy atom. The van der Waals surface area contributed by atoms with Crippen molar-refractivity contribution >= 4 is 28.3 Å². The lowest BCUT2D eigenvalue weighted by atomic mass is 10.3. The lowest BCUT2D eigenvalue weighted by Gasteiger charge is -2.10. The second-order valence-electron chi connectivity index (χ2n) is 2.85. The van der Waals surface area contributed by atoms with Crippen LogP contribution in [0, 0.1) is 9.39 Å². The SMILES string of the molecule is OC[C@@H](O)CNc1ccc(I)c(F)c1. The summed E-state index contributed by atoms with van der Waals surface area (Å²) in [5, 5.41) is 20.4. The number of anilines is 1. The van der Waals surface area contributed by atoms with Gasteiger partial charge in [0.15, 0.2) is 0 Å². The minimum Gasteiger partial charge on any atom is -0.394 e. The summed E-state index contributed by atoms with van der Waals surface area (Å²) >= 11 is 1.90. The first-order chi connectivity index (χ1) is 6.63. The van der Waals surface area contributed by atoms with E-state index in [4.69, 9.17) is 10.2 Å². The predicted molar refractivity (Wildman–Crippen MR) is 60.7 cm³/mol. The Kier molecular flexibility index (Phi) is 4.56. The molecule has 3 nitrogen and oxygen atoms in total. The van der Waals surface area contributed by atoms with E-state index in [-0.39, 0.29) is 19.0 Å². The molecule has 1 aromatic rings. The predicted octanol–water partition coefficient (Wildman–Crippen LogP) is 1.20. The van der Waals surface area contributed by atoms with Gasteiger partial charge in [-0.15, -0.1) is 0 Å². The van der Waals surface area contributed by atoms with E-state index in [1.807, 2.05) is 22.6 Å². The van der Waals surface area contributed by atoms with Gasteiger partial charge in [-0.1, -0.05) is 0 Å². The molecule has 0 saturated heterocycles. The van der Waals surface area contributed by atoms with Crippen LogP contribution in [0.1, 0.15) is 0 Å². The lowest BCUT2D eigenvalue weighted by molar-refractivity contribution is 0.105. The molecule has 3 N–H and O–H groups in total. The zero-order valence-electron chi connectivity index (χ0n) is 7.37. The van der Waals surface area contributed by atoms with E-state index in [1.54, 1.807) is 12.1 Å². The zero-order valence-corrected chi connectivity index (χ0v) is 9.53. The Hall–Kier alpha value is -0.400. The van der Waals surface area contributed by atoms with Crippen LogP contribution < -0.4 is 5.32 Å². The summed E-state index contributed by atoms with van der Waals surface area (Å²) in [5.41, 5.74) is 0.593. The zero-order chi connectivity index (χ0) is 10.6. The number of halogens is 2. The lowest BCUT2D eigenvalue weighted by Crippen LogP contribution is -2.22. The van der Waals surface area contributed by atoms with Crippen molar-refractivity contribution in [2.24, 2.45) is 0 Å². The fraction of sp³-hybridized carbons (Fsp3) is 0.333. The maximum atomic E-state index is 13.0. The van der Waals surface area contributed by atoms with E-state index in [0.29, 0.717) is 9.26 Å². The number of benzene rings is 1. The summed E-state index contributed by atoms with van der Waals surface area (Å²) in [4.78, 5) is 0. The molecule has 14 heavy (non-hydrogen) atoms. The van der Waals surface area contributed by atoms with Crippen LogP contribution in [0.2, 0.25) is 0 Å². The quantitative estimate of drug-likeness (QED) is 0.732. The largest absolute Gasteiger partial charge is 0.394 e. The number of aliphatic hydroxyl groups excluding tert-OH is 2. The molecule has 1 rings (SSSR count). The normalized spacial score (nSPS) is 12.6. The molecule has 0 radical (unpaired) electrons. The van der Waals surface area contributed by atoms with E-state index in [9.17, 15) is 4.39 Å².